The molecule has 0 aromatic heterocycles. The van der Waals surface area contributed by atoms with Crippen molar-refractivity contribution in [2.24, 2.45) is 4.99 Å². The monoisotopic (exact) mass is 403 g/mol. The zero-order chi connectivity index (χ0) is 20.1. The highest BCUT2D eigenvalue weighted by molar-refractivity contribution is 6.31. The molecule has 2 atom stereocenters. The van der Waals surface area contributed by atoms with Crippen LogP contribution < -0.4 is 0 Å². The van der Waals surface area contributed by atoms with Gasteiger partial charge in [-0.3, -0.25) is 20.0 Å². The van der Waals surface area contributed by atoms with Crippen molar-refractivity contribution in [1.29, 1.82) is 0 Å². The summed E-state index contributed by atoms with van der Waals surface area (Å²) < 4.78 is 5.47. The van der Waals surface area contributed by atoms with Crippen molar-refractivity contribution < 1.29 is 14.8 Å². The van der Waals surface area contributed by atoms with Crippen molar-refractivity contribution in [2.75, 3.05) is 26.3 Å². The lowest BCUT2D eigenvalue weighted by Crippen LogP contribution is -2.42. The number of phenolic OH excluding ortho intramolecular Hbond substituents is 1. The minimum Gasteiger partial charge on any atom is -0.502 e. The van der Waals surface area contributed by atoms with Crippen LogP contribution in [0.15, 0.2) is 47.5 Å². The second-order valence-corrected chi connectivity index (χ2v) is 7.08. The Morgan fingerprint density at radius 1 is 1.29 bits per heavy atom. The van der Waals surface area contributed by atoms with Crippen molar-refractivity contribution in [2.45, 2.75) is 19.0 Å². The van der Waals surface area contributed by atoms with Crippen molar-refractivity contribution in [1.82, 2.24) is 4.90 Å². The molecule has 28 heavy (non-hydrogen) atoms. The van der Waals surface area contributed by atoms with E-state index in [1.807, 2.05) is 25.1 Å². The summed E-state index contributed by atoms with van der Waals surface area (Å²) in [5.41, 5.74) is 0.921. The Morgan fingerprint density at radius 2 is 1.96 bits per heavy atom. The third kappa shape index (κ3) is 4.67. The number of morpholine rings is 1. The minimum absolute atomic E-state index is 0.0256. The summed E-state index contributed by atoms with van der Waals surface area (Å²) in [6.45, 7) is 4.92. The van der Waals surface area contributed by atoms with Gasteiger partial charge in [0.1, 0.15) is 0 Å². The molecule has 2 aromatic rings. The normalized spacial score (nSPS) is 17.5. The molecule has 0 amide bonds. The van der Waals surface area contributed by atoms with Gasteiger partial charge in [0.2, 0.25) is 5.75 Å². The number of hydrogen-bond donors (Lipinski definition) is 1. The zero-order valence-electron chi connectivity index (χ0n) is 15.5. The maximum Gasteiger partial charge on any atom is 0.312 e. The Morgan fingerprint density at radius 3 is 2.61 bits per heavy atom. The van der Waals surface area contributed by atoms with Crippen LogP contribution in [0.4, 0.5) is 5.69 Å². The van der Waals surface area contributed by atoms with Gasteiger partial charge in [0.25, 0.3) is 0 Å². The van der Waals surface area contributed by atoms with Gasteiger partial charge in [-0.2, -0.15) is 0 Å². The molecule has 7 nitrogen and oxygen atoms in total. The smallest absolute Gasteiger partial charge is 0.312 e. The van der Waals surface area contributed by atoms with Gasteiger partial charge in [0.05, 0.1) is 30.2 Å². The molecule has 1 aliphatic heterocycles. The average Bonchev–Trinajstić information content (AvgIpc) is 2.70. The van der Waals surface area contributed by atoms with Gasteiger partial charge >= 0.3 is 5.69 Å². The van der Waals surface area contributed by atoms with Crippen LogP contribution in [0.1, 0.15) is 24.1 Å². The Bertz CT molecular complexity index is 854. The van der Waals surface area contributed by atoms with Crippen LogP contribution in [-0.4, -0.2) is 53.5 Å². The molecular weight excluding hydrogens is 382 g/mol. The van der Waals surface area contributed by atoms with Crippen LogP contribution in [0, 0.1) is 10.1 Å². The SMILES string of the molecule is C[C@H](N=Cc1cc(Cl)cc([N+](=O)[O-])c1O)[C@H](c1ccccc1)N1CCOCC1. The summed E-state index contributed by atoms with van der Waals surface area (Å²) in [6, 6.07) is 12.5. The molecule has 148 valence electrons. The van der Waals surface area contributed by atoms with Crippen molar-refractivity contribution in [3.63, 3.8) is 0 Å². The fourth-order valence-corrected chi connectivity index (χ4v) is 3.64. The number of aromatic hydroxyl groups is 1. The summed E-state index contributed by atoms with van der Waals surface area (Å²) in [7, 11) is 0. The van der Waals surface area contributed by atoms with E-state index in [0.29, 0.717) is 13.2 Å². The van der Waals surface area contributed by atoms with Gasteiger partial charge in [0.15, 0.2) is 0 Å². The van der Waals surface area contributed by atoms with Crippen LogP contribution in [0.25, 0.3) is 0 Å². The molecule has 1 fully saturated rings. The van der Waals surface area contributed by atoms with Gasteiger partial charge in [-0.15, -0.1) is 0 Å². The second-order valence-electron chi connectivity index (χ2n) is 6.64. The van der Waals surface area contributed by atoms with Crippen molar-refractivity contribution >= 4 is 23.5 Å². The highest BCUT2D eigenvalue weighted by atomic mass is 35.5. The molecule has 8 heteroatoms. The lowest BCUT2D eigenvalue weighted by molar-refractivity contribution is -0.385. The molecule has 0 unspecified atom stereocenters. The molecule has 3 rings (SSSR count). The minimum atomic E-state index is -0.664. The molecule has 0 spiro atoms. The van der Waals surface area contributed by atoms with E-state index in [4.69, 9.17) is 16.3 Å². The van der Waals surface area contributed by atoms with Crippen LogP contribution in [-0.2, 0) is 4.74 Å². The molecule has 2 aromatic carbocycles. The van der Waals surface area contributed by atoms with E-state index in [-0.39, 0.29) is 22.7 Å². The highest BCUT2D eigenvalue weighted by Crippen LogP contribution is 2.33. The number of ether oxygens (including phenoxy) is 1. The van der Waals surface area contributed by atoms with Gasteiger partial charge < -0.3 is 9.84 Å². The third-order valence-corrected chi connectivity index (χ3v) is 4.98. The van der Waals surface area contributed by atoms with Crippen LogP contribution in [0.3, 0.4) is 0 Å². The maximum atomic E-state index is 11.1. The molecule has 0 radical (unpaired) electrons. The zero-order valence-corrected chi connectivity index (χ0v) is 16.2. The van der Waals surface area contributed by atoms with Crippen LogP contribution in [0.2, 0.25) is 5.02 Å². The average molecular weight is 404 g/mol. The summed E-state index contributed by atoms with van der Waals surface area (Å²) in [5.74, 6) is -0.437. The molecule has 0 bridgehead atoms. The first kappa shape index (κ1) is 20.3. The predicted octanol–water partition coefficient (Wildman–Crippen LogP) is 3.83. The number of halogens is 1. The largest absolute Gasteiger partial charge is 0.502 e. The molecule has 0 saturated carbocycles. The molecule has 0 aliphatic carbocycles. The second kappa shape index (κ2) is 9.14. The Kier molecular flexibility index (Phi) is 6.61. The van der Waals surface area contributed by atoms with E-state index in [9.17, 15) is 15.2 Å². The summed E-state index contributed by atoms with van der Waals surface area (Å²) in [5, 5.41) is 21.4. The number of nitro groups is 1. The Labute approximate surface area is 168 Å². The van der Waals surface area contributed by atoms with E-state index in [1.54, 1.807) is 0 Å². The van der Waals surface area contributed by atoms with Crippen molar-refractivity contribution in [3.05, 3.63) is 68.7 Å². The van der Waals surface area contributed by atoms with Crippen molar-refractivity contribution in [3.8, 4) is 5.75 Å². The number of phenols is 1. The lowest BCUT2D eigenvalue weighted by atomic mass is 9.98. The topological polar surface area (TPSA) is 88.2 Å². The molecule has 1 heterocycles. The molecule has 1 saturated heterocycles. The predicted molar refractivity (Wildman–Crippen MR) is 108 cm³/mol. The fourth-order valence-electron chi connectivity index (χ4n) is 3.42. The fraction of sp³-hybridized carbons (Fsp3) is 0.350. The standard InChI is InChI=1S/C20H22ClN3O4/c1-14(22-13-16-11-17(21)12-18(20(16)25)24(26)27)19(15-5-3-2-4-6-15)23-7-9-28-10-8-23/h2-6,11-14,19,25H,7-10H2,1H3/t14-,19+/m0/s1. The van der Waals surface area contributed by atoms with Gasteiger partial charge in [-0.25, -0.2) is 0 Å². The summed E-state index contributed by atoms with van der Waals surface area (Å²) in [4.78, 5) is 17.3. The quantitative estimate of drug-likeness (QED) is 0.449. The summed E-state index contributed by atoms with van der Waals surface area (Å²) in [6.07, 6.45) is 1.45. The van der Waals surface area contributed by atoms with E-state index in [2.05, 4.69) is 22.0 Å². The maximum absolute atomic E-state index is 11.1. The molecule has 1 N–H and O–H groups in total. The first-order valence-corrected chi connectivity index (χ1v) is 9.42. The van der Waals surface area contributed by atoms with Gasteiger partial charge in [-0.05, 0) is 18.6 Å². The number of nitrogens with zero attached hydrogens (tertiary/aromatic N) is 3. The van der Waals surface area contributed by atoms with E-state index < -0.39 is 16.4 Å². The molecule has 1 aliphatic rings. The first-order valence-electron chi connectivity index (χ1n) is 9.04. The number of rotatable bonds is 6. The number of benzene rings is 2. The lowest BCUT2D eigenvalue weighted by Gasteiger charge is -2.37. The van der Waals surface area contributed by atoms with Crippen LogP contribution >= 0.6 is 11.6 Å². The van der Waals surface area contributed by atoms with Crippen LogP contribution in [0.5, 0.6) is 5.75 Å². The van der Waals surface area contributed by atoms with Gasteiger partial charge in [0, 0.05) is 36.0 Å². The van der Waals surface area contributed by atoms with E-state index >= 15 is 0 Å². The Hall–Kier alpha value is -2.48. The molecular formula is C20H22ClN3O4. The first-order chi connectivity index (χ1) is 13.5. The number of aliphatic imine (C=N–C) groups is 1. The van der Waals surface area contributed by atoms with E-state index in [0.717, 1.165) is 24.7 Å². The van der Waals surface area contributed by atoms with E-state index in [1.165, 1.54) is 12.3 Å². The Balaban J connectivity index is 1.90. The highest BCUT2D eigenvalue weighted by Gasteiger charge is 2.27. The third-order valence-electron chi connectivity index (χ3n) is 4.77. The summed E-state index contributed by atoms with van der Waals surface area (Å²) >= 11 is 5.96. The number of hydrogen-bond acceptors (Lipinski definition) is 6. The number of nitro benzene ring substituents is 1. The van der Waals surface area contributed by atoms with Gasteiger partial charge in [-0.1, -0.05) is 41.9 Å².